The molecule has 15 aromatic rings. The standard InChI is InChI=1S/C64H36O/c1-3-9-37(10-4-1)45-23-15-39-21-29-53-47(25-17-41-19-27-51(45)61(39)63(41)53)49-31-32-50(56-36-60-58(35-55(49)56)57-33-43-13-7-8-14-44(43)34-59(57)65-60)48-26-18-42-20-28-52-46(38-11-5-2-6-12-38)24-16-40-22-30-54(48)64(42)62(40)52/h1-36H. The van der Waals surface area contributed by atoms with Gasteiger partial charge in [-0.2, -0.15) is 0 Å². The summed E-state index contributed by atoms with van der Waals surface area (Å²) in [6.45, 7) is 0. The fourth-order valence-electron chi connectivity index (χ4n) is 11.6. The molecule has 0 aliphatic carbocycles. The third-order valence-electron chi connectivity index (χ3n) is 14.6. The Morgan fingerprint density at radius 3 is 1.03 bits per heavy atom. The van der Waals surface area contributed by atoms with Crippen LogP contribution in [0.15, 0.2) is 223 Å². The molecule has 14 aromatic carbocycles. The summed E-state index contributed by atoms with van der Waals surface area (Å²) < 4.78 is 6.84. The van der Waals surface area contributed by atoms with Gasteiger partial charge in [0.1, 0.15) is 11.2 Å². The molecular weight excluding hydrogens is 785 g/mol. The van der Waals surface area contributed by atoms with Gasteiger partial charge >= 0.3 is 0 Å². The Labute approximate surface area is 373 Å². The van der Waals surface area contributed by atoms with E-state index in [-0.39, 0.29) is 0 Å². The zero-order valence-electron chi connectivity index (χ0n) is 35.2. The Balaban J connectivity index is 1.03. The summed E-state index contributed by atoms with van der Waals surface area (Å²) in [6, 6.07) is 81.2. The van der Waals surface area contributed by atoms with Gasteiger partial charge in [0, 0.05) is 10.8 Å². The van der Waals surface area contributed by atoms with Crippen molar-refractivity contribution in [2.75, 3.05) is 0 Å². The summed E-state index contributed by atoms with van der Waals surface area (Å²) in [6.07, 6.45) is 0. The van der Waals surface area contributed by atoms with Gasteiger partial charge in [-0.1, -0.05) is 194 Å². The first-order chi connectivity index (χ1) is 32.2. The van der Waals surface area contributed by atoms with Crippen LogP contribution in [0.2, 0.25) is 0 Å². The second-order valence-corrected chi connectivity index (χ2v) is 17.9. The molecule has 0 radical (unpaired) electrons. The Bertz CT molecular complexity index is 4440. The fraction of sp³-hybridized carbons (Fsp3) is 0. The van der Waals surface area contributed by atoms with Crippen molar-refractivity contribution in [2.24, 2.45) is 0 Å². The number of fused-ring (bicyclic) bond motifs is 5. The molecule has 1 heteroatoms. The van der Waals surface area contributed by atoms with Crippen molar-refractivity contribution in [1.82, 2.24) is 0 Å². The van der Waals surface area contributed by atoms with Crippen LogP contribution < -0.4 is 0 Å². The van der Waals surface area contributed by atoms with Crippen molar-refractivity contribution in [2.45, 2.75) is 0 Å². The predicted octanol–water partition coefficient (Wildman–Crippen LogP) is 18.4. The van der Waals surface area contributed by atoms with E-state index in [9.17, 15) is 0 Å². The highest BCUT2D eigenvalue weighted by Gasteiger charge is 2.21. The lowest BCUT2D eigenvalue weighted by Gasteiger charge is -2.19. The lowest BCUT2D eigenvalue weighted by Crippen LogP contribution is -1.92. The van der Waals surface area contributed by atoms with E-state index >= 15 is 0 Å². The minimum atomic E-state index is 0.898. The molecule has 0 saturated carbocycles. The molecule has 0 bridgehead atoms. The molecule has 0 fully saturated rings. The average molecular weight is 821 g/mol. The highest BCUT2D eigenvalue weighted by atomic mass is 16.3. The van der Waals surface area contributed by atoms with E-state index in [0.29, 0.717) is 0 Å². The van der Waals surface area contributed by atoms with Crippen molar-refractivity contribution >= 4 is 108 Å². The predicted molar refractivity (Wildman–Crippen MR) is 278 cm³/mol. The van der Waals surface area contributed by atoms with Gasteiger partial charge in [-0.3, -0.25) is 0 Å². The lowest BCUT2D eigenvalue weighted by atomic mass is 9.84. The van der Waals surface area contributed by atoms with Crippen molar-refractivity contribution in [1.29, 1.82) is 0 Å². The average Bonchev–Trinajstić information content (AvgIpc) is 3.71. The number of hydrogen-bond acceptors (Lipinski definition) is 1. The summed E-state index contributed by atoms with van der Waals surface area (Å²) in [5.41, 5.74) is 11.7. The van der Waals surface area contributed by atoms with E-state index in [4.69, 9.17) is 4.42 Å². The van der Waals surface area contributed by atoms with Gasteiger partial charge in [0.25, 0.3) is 0 Å². The van der Waals surface area contributed by atoms with Crippen LogP contribution in [-0.2, 0) is 0 Å². The second-order valence-electron chi connectivity index (χ2n) is 17.9. The molecule has 298 valence electrons. The van der Waals surface area contributed by atoms with Gasteiger partial charge in [0.05, 0.1) is 0 Å². The SMILES string of the molecule is c1ccc(-c2ccc3ccc4c(-c5ccc(-c6ccc7ccc8c(-c9ccccc9)ccc9ccc6c7c98)c6cc7c(cc56)oc5cc6ccccc6cc57)ccc5ccc2c3c54)cc1. The topological polar surface area (TPSA) is 13.1 Å². The molecule has 1 aromatic heterocycles. The summed E-state index contributed by atoms with van der Waals surface area (Å²) in [5, 5.41) is 22.4. The second kappa shape index (κ2) is 13.0. The third-order valence-corrected chi connectivity index (χ3v) is 14.6. The smallest absolute Gasteiger partial charge is 0.136 e. The third kappa shape index (κ3) is 4.93. The molecule has 65 heavy (non-hydrogen) atoms. The molecule has 1 nitrogen and oxygen atoms in total. The molecule has 0 saturated heterocycles. The first-order valence-electron chi connectivity index (χ1n) is 22.6. The molecule has 0 unspecified atom stereocenters. The van der Waals surface area contributed by atoms with E-state index in [2.05, 4.69) is 218 Å². The monoisotopic (exact) mass is 820 g/mol. The van der Waals surface area contributed by atoms with Crippen LogP contribution in [-0.4, -0.2) is 0 Å². The zero-order valence-corrected chi connectivity index (χ0v) is 35.2. The van der Waals surface area contributed by atoms with E-state index in [1.54, 1.807) is 0 Å². The molecular formula is C64H36O. The van der Waals surface area contributed by atoms with E-state index in [0.717, 1.165) is 21.9 Å². The summed E-state index contributed by atoms with van der Waals surface area (Å²) in [5.74, 6) is 0. The normalized spacial score (nSPS) is 12.3. The highest BCUT2D eigenvalue weighted by Crippen LogP contribution is 2.48. The maximum atomic E-state index is 6.84. The fourth-order valence-corrected chi connectivity index (χ4v) is 11.6. The molecule has 0 spiro atoms. The maximum Gasteiger partial charge on any atom is 0.136 e. The largest absolute Gasteiger partial charge is 0.456 e. The molecule has 0 atom stereocenters. The van der Waals surface area contributed by atoms with Crippen LogP contribution in [0.1, 0.15) is 0 Å². The van der Waals surface area contributed by atoms with Crippen LogP contribution in [0.25, 0.3) is 153 Å². The Morgan fingerprint density at radius 1 is 0.200 bits per heavy atom. The van der Waals surface area contributed by atoms with Gasteiger partial charge in [0.15, 0.2) is 0 Å². The van der Waals surface area contributed by atoms with Gasteiger partial charge in [0.2, 0.25) is 0 Å². The van der Waals surface area contributed by atoms with Crippen molar-refractivity contribution in [3.05, 3.63) is 218 Å². The molecule has 1 heterocycles. The van der Waals surface area contributed by atoms with Crippen LogP contribution in [0, 0.1) is 0 Å². The quantitative estimate of drug-likeness (QED) is 0.161. The van der Waals surface area contributed by atoms with Gasteiger partial charge in [-0.05, 0) is 155 Å². The lowest BCUT2D eigenvalue weighted by molar-refractivity contribution is 0.670. The number of hydrogen-bond donors (Lipinski definition) is 0. The van der Waals surface area contributed by atoms with Crippen LogP contribution >= 0.6 is 0 Å². The summed E-state index contributed by atoms with van der Waals surface area (Å²) in [4.78, 5) is 0. The van der Waals surface area contributed by atoms with E-state index in [1.165, 1.54) is 131 Å². The summed E-state index contributed by atoms with van der Waals surface area (Å²) >= 11 is 0. The Hall–Kier alpha value is -8.52. The molecule has 0 aliphatic rings. The minimum absolute atomic E-state index is 0.898. The molecule has 0 aliphatic heterocycles. The van der Waals surface area contributed by atoms with Crippen LogP contribution in [0.3, 0.4) is 0 Å². The highest BCUT2D eigenvalue weighted by molar-refractivity contribution is 6.31. The maximum absolute atomic E-state index is 6.84. The Kier molecular flexibility index (Phi) is 7.01. The zero-order chi connectivity index (χ0) is 42.3. The van der Waals surface area contributed by atoms with Crippen molar-refractivity contribution < 1.29 is 4.42 Å². The van der Waals surface area contributed by atoms with Crippen LogP contribution in [0.4, 0.5) is 0 Å². The van der Waals surface area contributed by atoms with Crippen molar-refractivity contribution in [3.63, 3.8) is 0 Å². The van der Waals surface area contributed by atoms with E-state index < -0.39 is 0 Å². The van der Waals surface area contributed by atoms with Crippen LogP contribution in [0.5, 0.6) is 0 Å². The Morgan fingerprint density at radius 2 is 0.538 bits per heavy atom. The molecule has 0 amide bonds. The van der Waals surface area contributed by atoms with Crippen molar-refractivity contribution in [3.8, 4) is 44.5 Å². The number of furan rings is 1. The first-order valence-corrected chi connectivity index (χ1v) is 22.6. The van der Waals surface area contributed by atoms with E-state index in [1.807, 2.05) is 0 Å². The molecule has 15 rings (SSSR count). The number of rotatable bonds is 4. The minimum Gasteiger partial charge on any atom is -0.456 e. The number of benzene rings is 14. The summed E-state index contributed by atoms with van der Waals surface area (Å²) in [7, 11) is 0. The van der Waals surface area contributed by atoms with Gasteiger partial charge < -0.3 is 4.42 Å². The van der Waals surface area contributed by atoms with Gasteiger partial charge in [-0.15, -0.1) is 0 Å². The van der Waals surface area contributed by atoms with Gasteiger partial charge in [-0.25, -0.2) is 0 Å². The molecule has 0 N–H and O–H groups in total. The first kappa shape index (κ1) is 35.0.